The lowest BCUT2D eigenvalue weighted by Gasteiger charge is -2.27. The number of carbonyl (C=O) groups excluding carboxylic acids is 1. The number of hydrogen-bond donors (Lipinski definition) is 0. The van der Waals surface area contributed by atoms with E-state index < -0.39 is 0 Å². The lowest BCUT2D eigenvalue weighted by atomic mass is 9.96. The molecule has 0 unspecified atom stereocenters. The molecule has 0 saturated carbocycles. The fourth-order valence-corrected chi connectivity index (χ4v) is 5.54. The van der Waals surface area contributed by atoms with Gasteiger partial charge in [-0.15, -0.1) is 11.3 Å². The number of carbonyl (C=O) groups is 1. The predicted octanol–water partition coefficient (Wildman–Crippen LogP) is 7.18. The van der Waals surface area contributed by atoms with Crippen LogP contribution in [0.3, 0.4) is 0 Å². The maximum atomic E-state index is 12.5. The van der Waals surface area contributed by atoms with Crippen molar-refractivity contribution in [3.63, 3.8) is 0 Å². The van der Waals surface area contributed by atoms with Crippen molar-refractivity contribution in [2.24, 2.45) is 5.92 Å². The van der Waals surface area contributed by atoms with E-state index in [1.165, 1.54) is 11.1 Å². The molecule has 0 saturated heterocycles. The predicted molar refractivity (Wildman–Crippen MR) is 139 cm³/mol. The second-order valence-corrected chi connectivity index (χ2v) is 10.1. The molecular weight excluding hydrogens is 448 g/mol. The van der Waals surface area contributed by atoms with Gasteiger partial charge in [0.05, 0.1) is 15.2 Å². The van der Waals surface area contributed by atoms with Gasteiger partial charge in [0.1, 0.15) is 5.78 Å². The second kappa shape index (κ2) is 11.6. The first-order valence-electron chi connectivity index (χ1n) is 11.5. The highest BCUT2D eigenvalue weighted by Gasteiger charge is 2.20. The van der Waals surface area contributed by atoms with E-state index in [0.717, 1.165) is 46.3 Å². The minimum atomic E-state index is 0.209. The number of Topliss-reactive ketones (excluding diaryl/α,β-unsaturated/α-hetero) is 1. The minimum Gasteiger partial charge on any atom is -0.300 e. The first-order valence-corrected chi connectivity index (χ1v) is 12.7. The molecule has 3 nitrogen and oxygen atoms in total. The lowest BCUT2D eigenvalue weighted by molar-refractivity contribution is -0.119. The van der Waals surface area contributed by atoms with Gasteiger partial charge in [-0.25, -0.2) is 4.98 Å². The second-order valence-electron chi connectivity index (χ2n) is 8.53. The SMILES string of the molecule is CCC(=O)C[C@@H](Cc1nc2ccc(Cl)cc2s1)CN(Cc1ccccc1)Cc1ccccc1. The maximum Gasteiger partial charge on any atom is 0.132 e. The number of benzene rings is 3. The average Bonchev–Trinajstić information content (AvgIpc) is 3.21. The zero-order valence-corrected chi connectivity index (χ0v) is 20.5. The van der Waals surface area contributed by atoms with Crippen molar-refractivity contribution >= 4 is 38.9 Å². The van der Waals surface area contributed by atoms with Crippen LogP contribution in [-0.4, -0.2) is 22.2 Å². The van der Waals surface area contributed by atoms with Gasteiger partial charge in [-0.1, -0.05) is 79.2 Å². The van der Waals surface area contributed by atoms with Crippen LogP contribution in [0, 0.1) is 5.92 Å². The van der Waals surface area contributed by atoms with Crippen molar-refractivity contribution in [1.29, 1.82) is 0 Å². The van der Waals surface area contributed by atoms with Crippen molar-refractivity contribution in [3.8, 4) is 0 Å². The van der Waals surface area contributed by atoms with Gasteiger partial charge in [0.15, 0.2) is 0 Å². The van der Waals surface area contributed by atoms with Crippen LogP contribution in [0.25, 0.3) is 10.2 Å². The van der Waals surface area contributed by atoms with Gasteiger partial charge in [0.2, 0.25) is 0 Å². The normalized spacial score (nSPS) is 12.3. The van der Waals surface area contributed by atoms with Crippen molar-refractivity contribution in [2.75, 3.05) is 6.54 Å². The summed E-state index contributed by atoms with van der Waals surface area (Å²) >= 11 is 7.86. The summed E-state index contributed by atoms with van der Waals surface area (Å²) in [5, 5.41) is 1.80. The van der Waals surface area contributed by atoms with Crippen LogP contribution in [0.5, 0.6) is 0 Å². The van der Waals surface area contributed by atoms with Crippen LogP contribution in [0.4, 0.5) is 0 Å². The number of halogens is 1. The third-order valence-corrected chi connectivity index (χ3v) is 7.06. The standard InChI is InChI=1S/C28H29ClN2OS/c1-2-25(32)15-23(16-28-30-26-14-13-24(29)17-27(26)33-28)20-31(18-21-9-5-3-6-10-21)19-22-11-7-4-8-12-22/h3-14,17,23H,2,15-16,18-20H2,1H3/t23-/m0/s1. The summed E-state index contributed by atoms with van der Waals surface area (Å²) in [6.45, 7) is 4.49. The Hall–Kier alpha value is -2.53. The Morgan fingerprint density at radius 3 is 2.21 bits per heavy atom. The molecule has 0 aliphatic carbocycles. The van der Waals surface area contributed by atoms with Crippen LogP contribution >= 0.6 is 22.9 Å². The third-order valence-electron chi connectivity index (χ3n) is 5.78. The molecule has 0 amide bonds. The topological polar surface area (TPSA) is 33.2 Å². The molecule has 170 valence electrons. The molecule has 5 heteroatoms. The number of ketones is 1. The smallest absolute Gasteiger partial charge is 0.132 e. The molecule has 0 fully saturated rings. The van der Waals surface area contributed by atoms with Crippen LogP contribution < -0.4 is 0 Å². The van der Waals surface area contributed by atoms with Gasteiger partial charge in [-0.05, 0) is 35.2 Å². The van der Waals surface area contributed by atoms with E-state index in [1.807, 2.05) is 37.3 Å². The van der Waals surface area contributed by atoms with Crippen LogP contribution in [-0.2, 0) is 24.3 Å². The highest BCUT2D eigenvalue weighted by atomic mass is 35.5. The molecule has 3 aromatic carbocycles. The van der Waals surface area contributed by atoms with Crippen LogP contribution in [0.15, 0.2) is 78.9 Å². The maximum absolute atomic E-state index is 12.5. The number of hydrogen-bond acceptors (Lipinski definition) is 4. The van der Waals surface area contributed by atoms with Crippen molar-refractivity contribution < 1.29 is 4.79 Å². The highest BCUT2D eigenvalue weighted by molar-refractivity contribution is 7.18. The zero-order chi connectivity index (χ0) is 23.0. The molecule has 0 N–H and O–H groups in total. The molecule has 0 radical (unpaired) electrons. The lowest BCUT2D eigenvalue weighted by Crippen LogP contribution is -2.31. The van der Waals surface area contributed by atoms with Crippen LogP contribution in [0.1, 0.15) is 35.9 Å². The molecule has 33 heavy (non-hydrogen) atoms. The Balaban J connectivity index is 1.56. The number of aromatic nitrogens is 1. The van der Waals surface area contributed by atoms with Crippen molar-refractivity contribution in [3.05, 3.63) is 100 Å². The Bertz CT molecular complexity index is 1130. The molecular formula is C28H29ClN2OS. The Morgan fingerprint density at radius 1 is 0.970 bits per heavy atom. The number of nitrogens with zero attached hydrogens (tertiary/aromatic N) is 2. The van der Waals surface area contributed by atoms with E-state index in [0.29, 0.717) is 18.6 Å². The molecule has 0 aliphatic heterocycles. The summed E-state index contributed by atoms with van der Waals surface area (Å²) < 4.78 is 1.10. The quantitative estimate of drug-likeness (QED) is 0.230. The van der Waals surface area contributed by atoms with Crippen molar-refractivity contribution in [2.45, 2.75) is 39.3 Å². The zero-order valence-electron chi connectivity index (χ0n) is 18.9. The van der Waals surface area contributed by atoms with E-state index in [9.17, 15) is 4.79 Å². The fraction of sp³-hybridized carbons (Fsp3) is 0.286. The van der Waals surface area contributed by atoms with E-state index in [1.54, 1.807) is 11.3 Å². The van der Waals surface area contributed by atoms with Gasteiger partial charge in [-0.3, -0.25) is 9.69 Å². The summed E-state index contributed by atoms with van der Waals surface area (Å²) in [6, 6.07) is 26.9. The van der Waals surface area contributed by atoms with Gasteiger partial charge in [0.25, 0.3) is 0 Å². The highest BCUT2D eigenvalue weighted by Crippen LogP contribution is 2.28. The molecule has 1 heterocycles. The van der Waals surface area contributed by atoms with Crippen LogP contribution in [0.2, 0.25) is 5.02 Å². The molecule has 0 aliphatic rings. The molecule has 1 aromatic heterocycles. The monoisotopic (exact) mass is 476 g/mol. The number of thiazole rings is 1. The Labute approximate surface area is 205 Å². The van der Waals surface area contributed by atoms with E-state index in [2.05, 4.69) is 53.4 Å². The summed E-state index contributed by atoms with van der Waals surface area (Å²) in [7, 11) is 0. The third kappa shape index (κ3) is 6.97. The average molecular weight is 477 g/mol. The summed E-state index contributed by atoms with van der Waals surface area (Å²) in [6.07, 6.45) is 1.94. The molecule has 1 atom stereocenters. The fourth-order valence-electron chi connectivity index (χ4n) is 4.18. The molecule has 4 rings (SSSR count). The molecule has 0 bridgehead atoms. The van der Waals surface area contributed by atoms with Gasteiger partial charge in [0, 0.05) is 43.9 Å². The van der Waals surface area contributed by atoms with E-state index in [-0.39, 0.29) is 5.92 Å². The first kappa shape index (κ1) is 23.6. The van der Waals surface area contributed by atoms with E-state index >= 15 is 0 Å². The van der Waals surface area contributed by atoms with Crippen molar-refractivity contribution in [1.82, 2.24) is 9.88 Å². The van der Waals surface area contributed by atoms with E-state index in [4.69, 9.17) is 16.6 Å². The number of fused-ring (bicyclic) bond motifs is 1. The summed E-state index contributed by atoms with van der Waals surface area (Å²) in [5.74, 6) is 0.518. The van der Waals surface area contributed by atoms with Gasteiger partial charge in [-0.2, -0.15) is 0 Å². The largest absolute Gasteiger partial charge is 0.300 e. The summed E-state index contributed by atoms with van der Waals surface area (Å²) in [5.41, 5.74) is 3.54. The minimum absolute atomic E-state index is 0.209. The number of rotatable bonds is 11. The molecule has 4 aromatic rings. The Kier molecular flexibility index (Phi) is 8.27. The Morgan fingerprint density at radius 2 is 1.61 bits per heavy atom. The first-order chi connectivity index (χ1) is 16.1. The van der Waals surface area contributed by atoms with Gasteiger partial charge < -0.3 is 0 Å². The summed E-state index contributed by atoms with van der Waals surface area (Å²) in [4.78, 5) is 19.8. The molecule has 0 spiro atoms. The van der Waals surface area contributed by atoms with Gasteiger partial charge >= 0.3 is 0 Å².